The number of hydrogen-bond donors (Lipinski definition) is 0. The van der Waals surface area contributed by atoms with Crippen LogP contribution in [-0.2, 0) is 33.4 Å². The zero-order valence-corrected chi connectivity index (χ0v) is 18.7. The van der Waals surface area contributed by atoms with Crippen LogP contribution in [0.2, 0.25) is 0 Å². The molecule has 1 heterocycles. The van der Waals surface area contributed by atoms with Crippen molar-refractivity contribution in [2.45, 2.75) is 72.2 Å². The first-order valence-electron chi connectivity index (χ1n) is 10.7. The smallest absolute Gasteiger partial charge is 0.305 e. The fourth-order valence-corrected chi connectivity index (χ4v) is 4.19. The third-order valence-corrected chi connectivity index (χ3v) is 5.50. The lowest BCUT2D eigenvalue weighted by Gasteiger charge is -2.40. The maximum Gasteiger partial charge on any atom is 0.305 e. The van der Waals surface area contributed by atoms with Gasteiger partial charge in [-0.05, 0) is 37.2 Å². The Bertz CT molecular complexity index is 790. The molecule has 0 radical (unpaired) electrons. The predicted molar refractivity (Wildman–Crippen MR) is 113 cm³/mol. The minimum Gasteiger partial charge on any atom is -0.462 e. The standard InChI is InChI=1S/C24H32O7/c1-14(2)11-21(28)23(30-16(4)26)20-13-29-24(31-17(5)27)22-15(3)7-6-8-18(12-25)9-10-19(20)22/h8,12-14,19,22-24H,3,6-7,9-11H2,1-2,4-5H3. The molecule has 0 aromatic rings. The molecule has 2 rings (SSSR count). The minimum absolute atomic E-state index is 0.0837. The average molecular weight is 433 g/mol. The molecule has 0 aromatic carbocycles. The van der Waals surface area contributed by atoms with Gasteiger partial charge in [-0.3, -0.25) is 19.2 Å². The molecule has 170 valence electrons. The normalized spacial score (nSPS) is 24.8. The van der Waals surface area contributed by atoms with Crippen LogP contribution < -0.4 is 0 Å². The number of Topliss-reactive ketones (excluding diaryl/α,β-unsaturated/α-hetero) is 1. The Morgan fingerprint density at radius 2 is 1.94 bits per heavy atom. The summed E-state index contributed by atoms with van der Waals surface area (Å²) in [5, 5.41) is 0. The van der Waals surface area contributed by atoms with Crippen molar-refractivity contribution in [1.82, 2.24) is 0 Å². The summed E-state index contributed by atoms with van der Waals surface area (Å²) in [5.41, 5.74) is 1.98. The van der Waals surface area contributed by atoms with Crippen LogP contribution in [0.15, 0.2) is 35.6 Å². The third-order valence-electron chi connectivity index (χ3n) is 5.50. The molecule has 1 aliphatic heterocycles. The Hall–Kier alpha value is -2.70. The van der Waals surface area contributed by atoms with Crippen molar-refractivity contribution in [3.05, 3.63) is 35.6 Å². The summed E-state index contributed by atoms with van der Waals surface area (Å²) < 4.78 is 16.6. The highest BCUT2D eigenvalue weighted by Crippen LogP contribution is 2.43. The first-order valence-corrected chi connectivity index (χ1v) is 10.7. The molecular formula is C24H32O7. The van der Waals surface area contributed by atoms with Crippen molar-refractivity contribution in [3.8, 4) is 0 Å². The molecule has 2 aliphatic rings. The van der Waals surface area contributed by atoms with Crippen LogP contribution in [0.1, 0.15) is 59.8 Å². The van der Waals surface area contributed by atoms with E-state index in [1.54, 1.807) is 0 Å². The largest absolute Gasteiger partial charge is 0.462 e. The van der Waals surface area contributed by atoms with Gasteiger partial charge in [-0.15, -0.1) is 0 Å². The van der Waals surface area contributed by atoms with Crippen molar-refractivity contribution >= 4 is 24.0 Å². The van der Waals surface area contributed by atoms with E-state index in [1.165, 1.54) is 20.1 Å². The quantitative estimate of drug-likeness (QED) is 0.343. The zero-order valence-electron chi connectivity index (χ0n) is 18.7. The second-order valence-electron chi connectivity index (χ2n) is 8.55. The van der Waals surface area contributed by atoms with Gasteiger partial charge >= 0.3 is 11.9 Å². The van der Waals surface area contributed by atoms with Gasteiger partial charge < -0.3 is 14.2 Å². The molecule has 31 heavy (non-hydrogen) atoms. The molecule has 7 nitrogen and oxygen atoms in total. The van der Waals surface area contributed by atoms with E-state index in [4.69, 9.17) is 14.2 Å². The average Bonchev–Trinajstić information content (AvgIpc) is 2.75. The van der Waals surface area contributed by atoms with Crippen LogP contribution in [0.4, 0.5) is 0 Å². The van der Waals surface area contributed by atoms with Gasteiger partial charge in [0.15, 0.2) is 11.9 Å². The Balaban J connectivity index is 2.51. The van der Waals surface area contributed by atoms with Gasteiger partial charge in [0, 0.05) is 31.8 Å². The monoisotopic (exact) mass is 432 g/mol. The molecule has 1 aliphatic carbocycles. The Labute approximate surface area is 183 Å². The molecule has 0 fully saturated rings. The number of aldehydes is 1. The van der Waals surface area contributed by atoms with Crippen LogP contribution in [0.3, 0.4) is 0 Å². The highest BCUT2D eigenvalue weighted by molar-refractivity contribution is 5.88. The fraction of sp³-hybridized carbons (Fsp3) is 0.583. The molecule has 0 saturated heterocycles. The first-order chi connectivity index (χ1) is 14.6. The molecule has 0 bridgehead atoms. The highest BCUT2D eigenvalue weighted by Gasteiger charge is 2.44. The van der Waals surface area contributed by atoms with Crippen molar-refractivity contribution in [2.75, 3.05) is 0 Å². The Kier molecular flexibility index (Phi) is 8.77. The van der Waals surface area contributed by atoms with Crippen molar-refractivity contribution < 1.29 is 33.4 Å². The molecule has 0 saturated carbocycles. The highest BCUT2D eigenvalue weighted by atomic mass is 16.7. The lowest BCUT2D eigenvalue weighted by molar-refractivity contribution is -0.181. The van der Waals surface area contributed by atoms with Gasteiger partial charge in [-0.1, -0.05) is 32.1 Å². The van der Waals surface area contributed by atoms with Crippen LogP contribution in [0.5, 0.6) is 0 Å². The van der Waals surface area contributed by atoms with E-state index in [1.807, 2.05) is 19.9 Å². The first kappa shape index (κ1) is 24.6. The predicted octanol–water partition coefficient (Wildman–Crippen LogP) is 3.82. The van der Waals surface area contributed by atoms with Crippen molar-refractivity contribution in [3.63, 3.8) is 0 Å². The van der Waals surface area contributed by atoms with E-state index in [0.717, 1.165) is 11.9 Å². The number of ketones is 1. The van der Waals surface area contributed by atoms with E-state index in [0.29, 0.717) is 36.8 Å². The topological polar surface area (TPSA) is 96.0 Å². The van der Waals surface area contributed by atoms with Gasteiger partial charge in [0.1, 0.15) is 6.29 Å². The molecule has 0 N–H and O–H groups in total. The number of esters is 2. The van der Waals surface area contributed by atoms with E-state index in [9.17, 15) is 19.2 Å². The van der Waals surface area contributed by atoms with Crippen LogP contribution >= 0.6 is 0 Å². The zero-order chi connectivity index (χ0) is 23.1. The second kappa shape index (κ2) is 11.1. The van der Waals surface area contributed by atoms with Crippen molar-refractivity contribution in [2.24, 2.45) is 17.8 Å². The summed E-state index contributed by atoms with van der Waals surface area (Å²) in [7, 11) is 0. The number of hydrogen-bond acceptors (Lipinski definition) is 7. The summed E-state index contributed by atoms with van der Waals surface area (Å²) in [5.74, 6) is -1.97. The van der Waals surface area contributed by atoms with E-state index in [2.05, 4.69) is 6.58 Å². The summed E-state index contributed by atoms with van der Waals surface area (Å²) in [6, 6.07) is 0. The van der Waals surface area contributed by atoms with Gasteiger partial charge in [-0.25, -0.2) is 0 Å². The SMILES string of the molecule is C=C1CCC=C(C=O)CCC2C(C(OC(C)=O)C(=O)CC(C)C)=COC(OC(C)=O)C12. The van der Waals surface area contributed by atoms with Crippen LogP contribution in [-0.4, -0.2) is 36.4 Å². The van der Waals surface area contributed by atoms with E-state index < -0.39 is 30.3 Å². The van der Waals surface area contributed by atoms with E-state index in [-0.39, 0.29) is 24.0 Å². The minimum atomic E-state index is -1.09. The Morgan fingerprint density at radius 1 is 1.23 bits per heavy atom. The second-order valence-corrected chi connectivity index (χ2v) is 8.55. The number of allylic oxidation sites excluding steroid dienone is 2. The van der Waals surface area contributed by atoms with Gasteiger partial charge in [0.25, 0.3) is 0 Å². The molecule has 7 heteroatoms. The van der Waals surface area contributed by atoms with Crippen LogP contribution in [0.25, 0.3) is 0 Å². The molecule has 4 unspecified atom stereocenters. The maximum absolute atomic E-state index is 13.0. The fourth-order valence-electron chi connectivity index (χ4n) is 4.19. The molecule has 0 spiro atoms. The number of ether oxygens (including phenoxy) is 3. The molecule has 0 aromatic heterocycles. The van der Waals surface area contributed by atoms with Gasteiger partial charge in [-0.2, -0.15) is 0 Å². The summed E-state index contributed by atoms with van der Waals surface area (Å²) in [6.45, 7) is 10.6. The van der Waals surface area contributed by atoms with Gasteiger partial charge in [0.2, 0.25) is 6.29 Å². The molecular weight excluding hydrogens is 400 g/mol. The maximum atomic E-state index is 13.0. The number of carbonyl (C=O) groups is 4. The molecule has 0 amide bonds. The number of fused-ring (bicyclic) bond motifs is 1. The van der Waals surface area contributed by atoms with E-state index >= 15 is 0 Å². The van der Waals surface area contributed by atoms with Crippen LogP contribution in [0, 0.1) is 17.8 Å². The lowest BCUT2D eigenvalue weighted by atomic mass is 9.74. The summed E-state index contributed by atoms with van der Waals surface area (Å²) >= 11 is 0. The van der Waals surface area contributed by atoms with Crippen molar-refractivity contribution in [1.29, 1.82) is 0 Å². The summed E-state index contributed by atoms with van der Waals surface area (Å²) in [4.78, 5) is 47.9. The number of carbonyl (C=O) groups excluding carboxylic acids is 4. The molecule has 4 atom stereocenters. The Morgan fingerprint density at radius 3 is 2.52 bits per heavy atom. The lowest BCUT2D eigenvalue weighted by Crippen LogP contribution is -2.43. The number of rotatable bonds is 7. The third kappa shape index (κ3) is 6.64. The van der Waals surface area contributed by atoms with Gasteiger partial charge in [0.05, 0.1) is 12.2 Å². The summed E-state index contributed by atoms with van der Waals surface area (Å²) in [6.07, 6.45) is 4.53.